The number of aryl methyl sites for hydroxylation is 1. The van der Waals surface area contributed by atoms with E-state index < -0.39 is 0 Å². The molecule has 0 heterocycles. The van der Waals surface area contributed by atoms with Crippen LogP contribution in [0.4, 0.5) is 0 Å². The largest absolute Gasteiger partial charge is 0.507 e. The van der Waals surface area contributed by atoms with Crippen molar-refractivity contribution in [3.63, 3.8) is 0 Å². The van der Waals surface area contributed by atoms with E-state index in [1.807, 2.05) is 11.8 Å². The Labute approximate surface area is 253 Å². The second kappa shape index (κ2) is 20.7. The first kappa shape index (κ1) is 36.9. The van der Waals surface area contributed by atoms with Crippen molar-refractivity contribution >= 4 is 17.7 Å². The fourth-order valence-electron chi connectivity index (χ4n) is 5.20. The molecule has 4 heteroatoms. The summed E-state index contributed by atoms with van der Waals surface area (Å²) in [6, 6.07) is 4.34. The average molecular weight is 577 g/mol. The Morgan fingerprint density at radius 1 is 0.700 bits per heavy atom. The smallest absolute Gasteiger partial charge is 0.305 e. The monoisotopic (exact) mass is 576 g/mol. The van der Waals surface area contributed by atoms with Gasteiger partial charge in [-0.2, -0.15) is 11.8 Å². The van der Waals surface area contributed by atoms with Gasteiger partial charge in [0, 0.05) is 12.2 Å². The molecule has 0 saturated heterocycles. The highest BCUT2D eigenvalue weighted by Gasteiger charge is 2.26. The number of hydrogen-bond acceptors (Lipinski definition) is 4. The Balaban J connectivity index is 2.07. The minimum atomic E-state index is -0.103. The first-order valence-electron chi connectivity index (χ1n) is 16.6. The molecule has 0 radical (unpaired) electrons. The lowest BCUT2D eigenvalue weighted by molar-refractivity contribution is -0.143. The normalized spacial score (nSPS) is 12.2. The number of esters is 1. The Morgan fingerprint density at radius 2 is 1.12 bits per heavy atom. The summed E-state index contributed by atoms with van der Waals surface area (Å²) in [5, 5.41) is 10.9. The van der Waals surface area contributed by atoms with Gasteiger partial charge in [-0.05, 0) is 46.1 Å². The van der Waals surface area contributed by atoms with Gasteiger partial charge in [-0.3, -0.25) is 4.79 Å². The maximum absolute atomic E-state index is 12.1. The molecule has 40 heavy (non-hydrogen) atoms. The number of ether oxygens (including phenoxy) is 1. The van der Waals surface area contributed by atoms with Crippen molar-refractivity contribution in [2.24, 2.45) is 0 Å². The third kappa shape index (κ3) is 16.9. The number of thioether (sulfide) groups is 1. The van der Waals surface area contributed by atoms with E-state index in [1.54, 1.807) is 0 Å². The van der Waals surface area contributed by atoms with Gasteiger partial charge in [0.15, 0.2) is 0 Å². The van der Waals surface area contributed by atoms with E-state index in [4.69, 9.17) is 4.74 Å². The third-order valence-corrected chi connectivity index (χ3v) is 8.74. The lowest BCUT2D eigenvalue weighted by Gasteiger charge is -2.28. The average Bonchev–Trinajstić information content (AvgIpc) is 2.87. The Kier molecular flexibility index (Phi) is 19.1. The van der Waals surface area contributed by atoms with E-state index in [2.05, 4.69) is 60.6 Å². The lowest BCUT2D eigenvalue weighted by atomic mass is 9.78. The summed E-state index contributed by atoms with van der Waals surface area (Å²) in [5.41, 5.74) is 3.10. The molecule has 0 spiro atoms. The molecular weight excluding hydrogens is 512 g/mol. The number of carbonyl (C=O) groups is 1. The van der Waals surface area contributed by atoms with E-state index in [0.29, 0.717) is 18.8 Å². The van der Waals surface area contributed by atoms with E-state index in [1.165, 1.54) is 89.0 Å². The summed E-state index contributed by atoms with van der Waals surface area (Å²) in [6.07, 6.45) is 21.5. The second-order valence-electron chi connectivity index (χ2n) is 13.8. The predicted molar refractivity (Wildman–Crippen MR) is 177 cm³/mol. The molecule has 0 aliphatic rings. The molecule has 1 aromatic rings. The molecule has 0 aromatic heterocycles. The van der Waals surface area contributed by atoms with Crippen LogP contribution in [-0.4, -0.2) is 29.2 Å². The van der Waals surface area contributed by atoms with Gasteiger partial charge in [0.05, 0.1) is 0 Å². The van der Waals surface area contributed by atoms with Crippen LogP contribution in [0.25, 0.3) is 0 Å². The Hall–Kier alpha value is -1.16. The molecule has 0 fully saturated rings. The zero-order valence-corrected chi connectivity index (χ0v) is 28.3. The number of unbranched alkanes of at least 4 members (excludes halogenated alkanes) is 14. The summed E-state index contributed by atoms with van der Waals surface area (Å²) < 4.78 is 5.46. The summed E-state index contributed by atoms with van der Waals surface area (Å²) in [7, 11) is 0. The van der Waals surface area contributed by atoms with Gasteiger partial charge < -0.3 is 9.84 Å². The number of hydrogen-bond donors (Lipinski definition) is 1. The highest BCUT2D eigenvalue weighted by atomic mass is 32.2. The zero-order valence-electron chi connectivity index (χ0n) is 27.5. The molecule has 0 amide bonds. The molecule has 1 rings (SSSR count). The van der Waals surface area contributed by atoms with Gasteiger partial charge in [0.2, 0.25) is 0 Å². The number of benzene rings is 1. The van der Waals surface area contributed by atoms with Crippen LogP contribution >= 0.6 is 11.8 Å². The molecule has 0 bridgehead atoms. The van der Waals surface area contributed by atoms with Crippen LogP contribution in [0, 0.1) is 0 Å². The SMILES string of the molecule is CCCCCCCCCCCCCCCCCC(=O)OCCSCCc1cc(C(C)(C)C)c(O)c(C(C)(C)C)c1. The summed E-state index contributed by atoms with van der Waals surface area (Å²) in [4.78, 5) is 12.1. The molecule has 232 valence electrons. The molecule has 1 aromatic carbocycles. The van der Waals surface area contributed by atoms with Gasteiger partial charge in [0.1, 0.15) is 12.4 Å². The molecule has 0 aliphatic heterocycles. The van der Waals surface area contributed by atoms with E-state index in [0.717, 1.165) is 41.9 Å². The molecule has 0 unspecified atom stereocenters. The van der Waals surface area contributed by atoms with Crippen LogP contribution < -0.4 is 0 Å². The van der Waals surface area contributed by atoms with Crippen molar-refractivity contribution in [3.8, 4) is 5.75 Å². The second-order valence-corrected chi connectivity index (χ2v) is 15.0. The number of phenols is 1. The highest BCUT2D eigenvalue weighted by molar-refractivity contribution is 7.99. The molecule has 0 aliphatic carbocycles. The predicted octanol–water partition coefficient (Wildman–Crippen LogP) is 11.1. The number of phenolic OH excluding ortho intramolecular Hbond substituents is 1. The lowest BCUT2D eigenvalue weighted by Crippen LogP contribution is -2.18. The van der Waals surface area contributed by atoms with Crippen molar-refractivity contribution in [2.75, 3.05) is 18.1 Å². The minimum absolute atomic E-state index is 0.0431. The van der Waals surface area contributed by atoms with Crippen LogP contribution in [-0.2, 0) is 26.8 Å². The van der Waals surface area contributed by atoms with Crippen molar-refractivity contribution in [3.05, 3.63) is 28.8 Å². The van der Waals surface area contributed by atoms with Gasteiger partial charge in [0.25, 0.3) is 0 Å². The number of rotatable bonds is 22. The summed E-state index contributed by atoms with van der Waals surface area (Å²) in [6.45, 7) is 15.7. The maximum Gasteiger partial charge on any atom is 0.305 e. The van der Waals surface area contributed by atoms with Crippen molar-refractivity contribution in [1.82, 2.24) is 0 Å². The van der Waals surface area contributed by atoms with E-state index >= 15 is 0 Å². The molecule has 3 nitrogen and oxygen atoms in total. The van der Waals surface area contributed by atoms with Gasteiger partial charge >= 0.3 is 5.97 Å². The molecule has 0 atom stereocenters. The topological polar surface area (TPSA) is 46.5 Å². The van der Waals surface area contributed by atoms with Crippen LogP contribution in [0.3, 0.4) is 0 Å². The fourth-order valence-corrected chi connectivity index (χ4v) is 5.99. The van der Waals surface area contributed by atoms with E-state index in [9.17, 15) is 9.90 Å². The van der Waals surface area contributed by atoms with Crippen molar-refractivity contribution < 1.29 is 14.6 Å². The first-order chi connectivity index (χ1) is 19.0. The van der Waals surface area contributed by atoms with E-state index in [-0.39, 0.29) is 16.8 Å². The van der Waals surface area contributed by atoms with Crippen LogP contribution in [0.2, 0.25) is 0 Å². The Bertz CT molecular complexity index is 768. The van der Waals surface area contributed by atoms with Gasteiger partial charge in [-0.15, -0.1) is 0 Å². The summed E-state index contributed by atoms with van der Waals surface area (Å²) >= 11 is 1.83. The molecular formula is C36H64O3S. The van der Waals surface area contributed by atoms with Crippen molar-refractivity contribution in [1.29, 1.82) is 0 Å². The number of carbonyl (C=O) groups excluding carboxylic acids is 1. The minimum Gasteiger partial charge on any atom is -0.507 e. The van der Waals surface area contributed by atoms with Crippen LogP contribution in [0.5, 0.6) is 5.75 Å². The van der Waals surface area contributed by atoms with Crippen molar-refractivity contribution in [2.45, 2.75) is 168 Å². The van der Waals surface area contributed by atoms with Crippen LogP contribution in [0.1, 0.15) is 168 Å². The molecule has 0 saturated carbocycles. The molecule has 1 N–H and O–H groups in total. The Morgan fingerprint density at radius 3 is 1.55 bits per heavy atom. The quantitative estimate of drug-likeness (QED) is 0.110. The zero-order chi connectivity index (χ0) is 29.9. The standard InChI is InChI=1S/C36H64O3S/c1-8-9-10-11-12-13-14-15-16-17-18-19-20-21-22-23-33(37)39-25-27-40-26-24-30-28-31(35(2,3)4)34(38)32(29-30)36(5,6)7/h28-29,38H,8-27H2,1-7H3. The first-order valence-corrected chi connectivity index (χ1v) is 17.7. The van der Waals surface area contributed by atoms with Crippen LogP contribution in [0.15, 0.2) is 12.1 Å². The summed E-state index contributed by atoms with van der Waals surface area (Å²) in [5.74, 6) is 2.21. The highest BCUT2D eigenvalue weighted by Crippen LogP contribution is 2.40. The van der Waals surface area contributed by atoms with Gasteiger partial charge in [-0.1, -0.05) is 150 Å². The maximum atomic E-state index is 12.1. The van der Waals surface area contributed by atoms with Gasteiger partial charge in [-0.25, -0.2) is 0 Å². The third-order valence-electron chi connectivity index (χ3n) is 7.80. The number of aromatic hydroxyl groups is 1. The fraction of sp³-hybridized carbons (Fsp3) is 0.806.